The molecule has 3 aromatic carbocycles. The molecule has 0 aromatic heterocycles. The molecule has 0 aliphatic heterocycles. The Hall–Kier alpha value is -2.49. The Morgan fingerprint density at radius 3 is 2.27 bits per heavy atom. The third kappa shape index (κ3) is 5.35. The molecule has 156 valence electrons. The van der Waals surface area contributed by atoms with Gasteiger partial charge in [0.1, 0.15) is 16.3 Å². The number of urea groups is 1. The summed E-state index contributed by atoms with van der Waals surface area (Å²) in [5.41, 5.74) is 0.512. The fourth-order valence-electron chi connectivity index (χ4n) is 2.43. The van der Waals surface area contributed by atoms with E-state index in [2.05, 4.69) is 10.6 Å². The molecule has 0 radical (unpaired) electrons. The van der Waals surface area contributed by atoms with Crippen LogP contribution in [-0.2, 0) is 10.1 Å². The van der Waals surface area contributed by atoms with Gasteiger partial charge in [-0.2, -0.15) is 8.42 Å². The molecule has 2 amide bonds. The summed E-state index contributed by atoms with van der Waals surface area (Å²) in [6.45, 7) is 0. The number of rotatable bonds is 5. The Kier molecular flexibility index (Phi) is 6.74. The maximum atomic E-state index is 12.4. The van der Waals surface area contributed by atoms with E-state index < -0.39 is 21.0 Å². The second-order valence-corrected chi connectivity index (χ2v) is 8.46. The van der Waals surface area contributed by atoms with Crippen LogP contribution in [0.2, 0.25) is 15.1 Å². The first-order chi connectivity index (χ1) is 14.1. The summed E-state index contributed by atoms with van der Waals surface area (Å²) in [6, 6.07) is 14.3. The van der Waals surface area contributed by atoms with Gasteiger partial charge in [0, 0.05) is 16.8 Å². The van der Waals surface area contributed by atoms with Gasteiger partial charge < -0.3 is 15.4 Å². The predicted octanol–water partition coefficient (Wildman–Crippen LogP) is 6.33. The zero-order chi connectivity index (χ0) is 21.9. The van der Waals surface area contributed by atoms with Crippen LogP contribution in [0.1, 0.15) is 0 Å². The van der Waals surface area contributed by atoms with Gasteiger partial charge in [-0.05, 0) is 36.4 Å². The van der Waals surface area contributed by atoms with Gasteiger partial charge in [0.25, 0.3) is 10.1 Å². The molecular weight excluding hydrogens is 475 g/mol. The lowest BCUT2D eigenvalue weighted by molar-refractivity contribution is 0.262. The first kappa shape index (κ1) is 22.2. The molecule has 3 aromatic rings. The monoisotopic (exact) mass is 486 g/mol. The summed E-state index contributed by atoms with van der Waals surface area (Å²) >= 11 is 18.2. The van der Waals surface area contributed by atoms with E-state index in [0.29, 0.717) is 5.69 Å². The quantitative estimate of drug-likeness (QED) is 0.365. The molecule has 0 saturated heterocycles. The van der Waals surface area contributed by atoms with Crippen molar-refractivity contribution in [1.29, 1.82) is 0 Å². The van der Waals surface area contributed by atoms with E-state index in [1.54, 1.807) is 30.3 Å². The van der Waals surface area contributed by atoms with Crippen LogP contribution in [0.15, 0.2) is 65.6 Å². The highest BCUT2D eigenvalue weighted by molar-refractivity contribution is 7.86. The average molecular weight is 488 g/mol. The van der Waals surface area contributed by atoms with E-state index in [9.17, 15) is 17.8 Å². The number of amides is 2. The van der Waals surface area contributed by atoms with Crippen LogP contribution in [0, 0.1) is 0 Å². The average Bonchev–Trinajstić information content (AvgIpc) is 2.67. The van der Waals surface area contributed by atoms with Crippen molar-refractivity contribution < 1.29 is 22.5 Å². The highest BCUT2D eigenvalue weighted by Crippen LogP contribution is 2.41. The van der Waals surface area contributed by atoms with Crippen LogP contribution in [0.25, 0.3) is 0 Å². The molecular formula is C19H13Cl3N2O5S. The summed E-state index contributed by atoms with van der Waals surface area (Å²) < 4.78 is 38.4. The second kappa shape index (κ2) is 9.11. The third-order valence-corrected chi connectivity index (χ3v) is 5.66. The number of nitrogens with one attached hydrogen (secondary N) is 2. The third-order valence-electron chi connectivity index (χ3n) is 3.73. The van der Waals surface area contributed by atoms with Gasteiger partial charge in [-0.25, -0.2) is 4.79 Å². The molecule has 0 heterocycles. The summed E-state index contributed by atoms with van der Waals surface area (Å²) in [7, 11) is -4.61. The molecule has 0 saturated carbocycles. The topological polar surface area (TPSA) is 105 Å². The molecule has 7 nitrogen and oxygen atoms in total. The standard InChI is InChI=1S/C19H13Cl3N2O5S/c20-11-6-9-16(30(26,27)28)15(10-11)29-14-8-7-13(21)17(22)18(14)24-19(25)23-12-4-2-1-3-5-12/h1-10H,(H2,23,24,25)(H,26,27,28). The first-order valence-electron chi connectivity index (χ1n) is 8.21. The number of carbonyl (C=O) groups excluding carboxylic acids is 1. The van der Waals surface area contributed by atoms with Crippen LogP contribution >= 0.6 is 34.8 Å². The maximum absolute atomic E-state index is 12.4. The SMILES string of the molecule is O=C(Nc1ccccc1)Nc1c(Oc2cc(Cl)ccc2S(=O)(=O)O)ccc(Cl)c1Cl. The number of para-hydroxylation sites is 1. The van der Waals surface area contributed by atoms with Crippen LogP contribution in [0.4, 0.5) is 16.2 Å². The van der Waals surface area contributed by atoms with Crippen molar-refractivity contribution in [3.63, 3.8) is 0 Å². The van der Waals surface area contributed by atoms with Gasteiger partial charge in [-0.15, -0.1) is 0 Å². The van der Waals surface area contributed by atoms with E-state index in [-0.39, 0.29) is 32.3 Å². The van der Waals surface area contributed by atoms with Gasteiger partial charge in [-0.1, -0.05) is 53.0 Å². The predicted molar refractivity (Wildman–Crippen MR) is 117 cm³/mol. The minimum atomic E-state index is -4.61. The fourth-order valence-corrected chi connectivity index (χ4v) is 3.54. The maximum Gasteiger partial charge on any atom is 0.323 e. The zero-order valence-electron chi connectivity index (χ0n) is 14.9. The Morgan fingerprint density at radius 2 is 1.60 bits per heavy atom. The largest absolute Gasteiger partial charge is 0.454 e. The Balaban J connectivity index is 1.97. The van der Waals surface area contributed by atoms with E-state index in [4.69, 9.17) is 39.5 Å². The van der Waals surface area contributed by atoms with Crippen molar-refractivity contribution >= 4 is 62.3 Å². The zero-order valence-corrected chi connectivity index (χ0v) is 18.0. The molecule has 11 heteroatoms. The molecule has 0 spiro atoms. The molecule has 30 heavy (non-hydrogen) atoms. The Morgan fingerprint density at radius 1 is 0.900 bits per heavy atom. The van der Waals surface area contributed by atoms with Gasteiger partial charge >= 0.3 is 6.03 Å². The van der Waals surface area contributed by atoms with E-state index in [1.165, 1.54) is 24.3 Å². The Bertz CT molecular complexity index is 1200. The van der Waals surface area contributed by atoms with Crippen molar-refractivity contribution in [3.05, 3.63) is 75.7 Å². The van der Waals surface area contributed by atoms with Gasteiger partial charge in [0.2, 0.25) is 0 Å². The van der Waals surface area contributed by atoms with Crippen molar-refractivity contribution in [1.82, 2.24) is 0 Å². The Labute approximate surface area is 187 Å². The smallest absolute Gasteiger partial charge is 0.323 e. The summed E-state index contributed by atoms with van der Waals surface area (Å²) in [6.07, 6.45) is 0. The fraction of sp³-hybridized carbons (Fsp3) is 0. The lowest BCUT2D eigenvalue weighted by atomic mass is 10.2. The first-order valence-corrected chi connectivity index (χ1v) is 10.8. The van der Waals surface area contributed by atoms with Crippen molar-refractivity contribution in [2.75, 3.05) is 10.6 Å². The number of carbonyl (C=O) groups is 1. The van der Waals surface area contributed by atoms with Gasteiger partial charge in [-0.3, -0.25) is 4.55 Å². The lowest BCUT2D eigenvalue weighted by Gasteiger charge is -2.16. The minimum absolute atomic E-state index is 0.0149. The van der Waals surface area contributed by atoms with Crippen molar-refractivity contribution in [2.24, 2.45) is 0 Å². The van der Waals surface area contributed by atoms with E-state index >= 15 is 0 Å². The molecule has 0 atom stereocenters. The number of hydrogen-bond donors (Lipinski definition) is 3. The molecule has 0 aliphatic carbocycles. The highest BCUT2D eigenvalue weighted by Gasteiger charge is 2.21. The number of ether oxygens (including phenoxy) is 1. The minimum Gasteiger partial charge on any atom is -0.454 e. The summed E-state index contributed by atoms with van der Waals surface area (Å²) in [5, 5.41) is 5.39. The van der Waals surface area contributed by atoms with Gasteiger partial charge in [0.05, 0.1) is 10.0 Å². The van der Waals surface area contributed by atoms with Crippen molar-refractivity contribution in [2.45, 2.75) is 4.90 Å². The molecule has 3 N–H and O–H groups in total. The normalized spacial score (nSPS) is 11.1. The molecule has 3 rings (SSSR count). The molecule has 0 unspecified atom stereocenters. The number of hydrogen-bond acceptors (Lipinski definition) is 4. The van der Waals surface area contributed by atoms with Crippen LogP contribution in [0.3, 0.4) is 0 Å². The van der Waals surface area contributed by atoms with Crippen molar-refractivity contribution in [3.8, 4) is 11.5 Å². The summed E-state index contributed by atoms with van der Waals surface area (Å²) in [4.78, 5) is 11.9. The van der Waals surface area contributed by atoms with Gasteiger partial charge in [0.15, 0.2) is 5.75 Å². The van der Waals surface area contributed by atoms with E-state index in [1.807, 2.05) is 0 Å². The number of benzene rings is 3. The summed E-state index contributed by atoms with van der Waals surface area (Å²) in [5.74, 6) is -0.297. The van der Waals surface area contributed by atoms with Crippen LogP contribution in [0.5, 0.6) is 11.5 Å². The van der Waals surface area contributed by atoms with E-state index in [0.717, 1.165) is 6.07 Å². The second-order valence-electron chi connectivity index (χ2n) is 5.85. The van der Waals surface area contributed by atoms with Crippen LogP contribution in [-0.4, -0.2) is 19.0 Å². The molecule has 0 aliphatic rings. The highest BCUT2D eigenvalue weighted by atomic mass is 35.5. The van der Waals surface area contributed by atoms with Crippen LogP contribution < -0.4 is 15.4 Å². The number of halogens is 3. The number of anilines is 2. The lowest BCUT2D eigenvalue weighted by Crippen LogP contribution is -2.20. The molecule has 0 fully saturated rings. The molecule has 0 bridgehead atoms.